The molecule has 2 N–H and O–H groups in total. The molecule has 0 aromatic carbocycles. The van der Waals surface area contributed by atoms with E-state index in [-0.39, 0.29) is 0 Å². The van der Waals surface area contributed by atoms with Gasteiger partial charge in [0.1, 0.15) is 5.76 Å². The predicted molar refractivity (Wildman–Crippen MR) is 43.4 cm³/mol. The summed E-state index contributed by atoms with van der Waals surface area (Å²) in [5.41, 5.74) is 6.32. The van der Waals surface area contributed by atoms with Crippen molar-refractivity contribution >= 4 is 0 Å². The van der Waals surface area contributed by atoms with Crippen molar-refractivity contribution in [1.29, 1.82) is 0 Å². The molecule has 0 saturated heterocycles. The summed E-state index contributed by atoms with van der Waals surface area (Å²) in [7, 11) is 0. The molecule has 0 unspecified atom stereocenters. The fraction of sp³-hybridized carbons (Fsp3) is 0.625. The number of hydrogen-bond acceptors (Lipinski definition) is 3. The van der Waals surface area contributed by atoms with Crippen LogP contribution in [0.15, 0.2) is 10.6 Å². The van der Waals surface area contributed by atoms with E-state index in [0.29, 0.717) is 12.5 Å². The van der Waals surface area contributed by atoms with E-state index in [1.54, 1.807) is 0 Å². The van der Waals surface area contributed by atoms with Crippen molar-refractivity contribution in [2.24, 2.45) is 5.73 Å². The fourth-order valence-electron chi connectivity index (χ4n) is 0.866. The molecule has 0 saturated carbocycles. The highest BCUT2D eigenvalue weighted by Gasteiger charge is 2.06. The summed E-state index contributed by atoms with van der Waals surface area (Å²) in [6.07, 6.45) is 0.802. The lowest BCUT2D eigenvalue weighted by Crippen LogP contribution is -2.02. The number of nitrogens with zero attached hydrogens (tertiary/aromatic N) is 1. The molecular formula is C8H14N2O. The van der Waals surface area contributed by atoms with E-state index in [2.05, 4.69) is 19.0 Å². The first-order chi connectivity index (χ1) is 5.24. The van der Waals surface area contributed by atoms with Gasteiger partial charge < -0.3 is 10.3 Å². The van der Waals surface area contributed by atoms with Gasteiger partial charge in [-0.1, -0.05) is 19.0 Å². The molecule has 0 fully saturated rings. The maximum atomic E-state index is 5.36. The summed E-state index contributed by atoms with van der Waals surface area (Å²) in [6, 6.07) is 1.97. The minimum atomic E-state index is 0.411. The van der Waals surface area contributed by atoms with Crippen LogP contribution in [0.2, 0.25) is 0 Å². The molecule has 0 aliphatic heterocycles. The van der Waals surface area contributed by atoms with Gasteiger partial charge in [-0.25, -0.2) is 0 Å². The number of rotatable bonds is 3. The summed E-state index contributed by atoms with van der Waals surface area (Å²) >= 11 is 0. The zero-order valence-corrected chi connectivity index (χ0v) is 7.00. The van der Waals surface area contributed by atoms with E-state index in [9.17, 15) is 0 Å². The largest absolute Gasteiger partial charge is 0.361 e. The molecule has 0 atom stereocenters. The standard InChI is InChI=1S/C8H14N2O/c1-6(2)8-5-7(3-4-9)10-11-8/h5-6H,3-4,9H2,1-2H3. The van der Waals surface area contributed by atoms with Crippen molar-refractivity contribution in [1.82, 2.24) is 5.16 Å². The normalized spacial score (nSPS) is 10.9. The van der Waals surface area contributed by atoms with Gasteiger partial charge in [0.15, 0.2) is 0 Å². The van der Waals surface area contributed by atoms with Crippen molar-refractivity contribution < 1.29 is 4.52 Å². The first-order valence-electron chi connectivity index (χ1n) is 3.89. The van der Waals surface area contributed by atoms with Gasteiger partial charge in [-0.3, -0.25) is 0 Å². The molecule has 0 radical (unpaired) electrons. The Balaban J connectivity index is 2.66. The number of hydrogen-bond donors (Lipinski definition) is 1. The van der Waals surface area contributed by atoms with Crippen LogP contribution in [-0.4, -0.2) is 11.7 Å². The third-order valence-corrected chi connectivity index (χ3v) is 1.55. The molecular weight excluding hydrogens is 140 g/mol. The Bertz CT molecular complexity index is 218. The quantitative estimate of drug-likeness (QED) is 0.714. The lowest BCUT2D eigenvalue weighted by molar-refractivity contribution is 0.366. The third kappa shape index (κ3) is 2.05. The maximum Gasteiger partial charge on any atom is 0.139 e. The lowest BCUT2D eigenvalue weighted by Gasteiger charge is -1.93. The highest BCUT2D eigenvalue weighted by Crippen LogP contribution is 2.14. The van der Waals surface area contributed by atoms with Gasteiger partial charge in [-0.05, 0) is 6.54 Å². The van der Waals surface area contributed by atoms with Crippen molar-refractivity contribution in [3.63, 3.8) is 0 Å². The molecule has 0 amide bonds. The van der Waals surface area contributed by atoms with Crippen LogP contribution < -0.4 is 5.73 Å². The van der Waals surface area contributed by atoms with Gasteiger partial charge in [-0.15, -0.1) is 0 Å². The van der Waals surface area contributed by atoms with Crippen LogP contribution in [0.25, 0.3) is 0 Å². The topological polar surface area (TPSA) is 52.0 Å². The van der Waals surface area contributed by atoms with Crippen LogP contribution in [0, 0.1) is 0 Å². The Kier molecular flexibility index (Phi) is 2.65. The molecule has 11 heavy (non-hydrogen) atoms. The molecule has 0 spiro atoms. The minimum absolute atomic E-state index is 0.411. The summed E-state index contributed by atoms with van der Waals surface area (Å²) in [5, 5.41) is 3.87. The second kappa shape index (κ2) is 3.53. The van der Waals surface area contributed by atoms with Crippen molar-refractivity contribution in [2.75, 3.05) is 6.54 Å². The van der Waals surface area contributed by atoms with Crippen molar-refractivity contribution in [3.8, 4) is 0 Å². The first-order valence-corrected chi connectivity index (χ1v) is 3.89. The van der Waals surface area contributed by atoms with Crippen LogP contribution in [-0.2, 0) is 6.42 Å². The first kappa shape index (κ1) is 8.27. The van der Waals surface area contributed by atoms with Crippen LogP contribution in [0.5, 0.6) is 0 Å². The van der Waals surface area contributed by atoms with E-state index in [1.165, 1.54) is 0 Å². The molecule has 1 rings (SSSR count). The summed E-state index contributed by atoms with van der Waals surface area (Å²) in [5.74, 6) is 1.35. The van der Waals surface area contributed by atoms with Crippen molar-refractivity contribution in [3.05, 3.63) is 17.5 Å². The van der Waals surface area contributed by atoms with E-state index >= 15 is 0 Å². The Morgan fingerprint density at radius 1 is 1.64 bits per heavy atom. The van der Waals surface area contributed by atoms with Crippen LogP contribution >= 0.6 is 0 Å². The Labute approximate surface area is 66.6 Å². The smallest absolute Gasteiger partial charge is 0.139 e. The average Bonchev–Trinajstić information content (AvgIpc) is 2.37. The van der Waals surface area contributed by atoms with E-state index in [0.717, 1.165) is 17.9 Å². The summed E-state index contributed by atoms with van der Waals surface area (Å²) in [6.45, 7) is 4.78. The highest BCUT2D eigenvalue weighted by molar-refractivity contribution is 5.08. The lowest BCUT2D eigenvalue weighted by atomic mass is 10.1. The number of aromatic nitrogens is 1. The Morgan fingerprint density at radius 3 is 2.82 bits per heavy atom. The van der Waals surface area contributed by atoms with Crippen LogP contribution in [0.1, 0.15) is 31.2 Å². The van der Waals surface area contributed by atoms with Crippen LogP contribution in [0.4, 0.5) is 0 Å². The maximum absolute atomic E-state index is 5.36. The average molecular weight is 154 g/mol. The van der Waals surface area contributed by atoms with Gasteiger partial charge in [0, 0.05) is 18.4 Å². The molecule has 1 aromatic heterocycles. The minimum Gasteiger partial charge on any atom is -0.361 e. The molecule has 0 aliphatic rings. The third-order valence-electron chi connectivity index (χ3n) is 1.55. The molecule has 3 nitrogen and oxygen atoms in total. The summed E-state index contributed by atoms with van der Waals surface area (Å²) in [4.78, 5) is 0. The predicted octanol–water partition coefficient (Wildman–Crippen LogP) is 1.30. The van der Waals surface area contributed by atoms with E-state index in [1.807, 2.05) is 6.07 Å². The molecule has 0 bridgehead atoms. The highest BCUT2D eigenvalue weighted by atomic mass is 16.5. The molecule has 1 aromatic rings. The second-order valence-corrected chi connectivity index (χ2v) is 2.91. The zero-order valence-electron chi connectivity index (χ0n) is 7.00. The zero-order chi connectivity index (χ0) is 8.27. The molecule has 1 heterocycles. The van der Waals surface area contributed by atoms with Crippen LogP contribution in [0.3, 0.4) is 0 Å². The van der Waals surface area contributed by atoms with Gasteiger partial charge in [0.25, 0.3) is 0 Å². The molecule has 62 valence electrons. The Hall–Kier alpha value is -0.830. The van der Waals surface area contributed by atoms with E-state index in [4.69, 9.17) is 10.3 Å². The fourth-order valence-corrected chi connectivity index (χ4v) is 0.866. The monoisotopic (exact) mass is 154 g/mol. The van der Waals surface area contributed by atoms with Gasteiger partial charge in [-0.2, -0.15) is 0 Å². The van der Waals surface area contributed by atoms with Gasteiger partial charge in [0.2, 0.25) is 0 Å². The second-order valence-electron chi connectivity index (χ2n) is 2.91. The summed E-state index contributed by atoms with van der Waals surface area (Å²) < 4.78 is 5.07. The molecule has 3 heteroatoms. The van der Waals surface area contributed by atoms with Gasteiger partial charge in [0.05, 0.1) is 5.69 Å². The molecule has 0 aliphatic carbocycles. The van der Waals surface area contributed by atoms with E-state index < -0.39 is 0 Å². The van der Waals surface area contributed by atoms with Crippen molar-refractivity contribution in [2.45, 2.75) is 26.2 Å². The number of nitrogens with two attached hydrogens (primary N) is 1. The SMILES string of the molecule is CC(C)c1cc(CCN)no1. The Morgan fingerprint density at radius 2 is 2.36 bits per heavy atom. The van der Waals surface area contributed by atoms with Gasteiger partial charge >= 0.3 is 0 Å².